The van der Waals surface area contributed by atoms with Gasteiger partial charge in [0.15, 0.2) is 0 Å². The molecule has 1 saturated carbocycles. The van der Waals surface area contributed by atoms with Gasteiger partial charge in [0.05, 0.1) is 18.8 Å². The SMILES string of the molecule is CC(C)COc1cccc(C(=O)Nc2ccnn2C(C)C2CC2)c1. The largest absolute Gasteiger partial charge is 0.493 e. The molecule has 1 N–H and O–H groups in total. The number of ether oxygens (including phenoxy) is 1. The third-order valence-electron chi connectivity index (χ3n) is 4.28. The van der Waals surface area contributed by atoms with Crippen molar-refractivity contribution in [1.82, 2.24) is 9.78 Å². The molecule has 1 atom stereocenters. The Bertz CT molecular complexity index is 704. The lowest BCUT2D eigenvalue weighted by atomic mass is 10.2. The van der Waals surface area contributed by atoms with Crippen LogP contribution in [-0.2, 0) is 0 Å². The lowest BCUT2D eigenvalue weighted by Gasteiger charge is -2.15. The summed E-state index contributed by atoms with van der Waals surface area (Å²) in [6, 6.07) is 9.45. The van der Waals surface area contributed by atoms with Crippen LogP contribution < -0.4 is 10.1 Å². The minimum absolute atomic E-state index is 0.144. The first-order valence-corrected chi connectivity index (χ1v) is 8.62. The smallest absolute Gasteiger partial charge is 0.256 e. The molecule has 2 aromatic rings. The second kappa shape index (κ2) is 7.07. The van der Waals surface area contributed by atoms with Gasteiger partial charge in [-0.05, 0) is 49.8 Å². The Labute approximate surface area is 143 Å². The van der Waals surface area contributed by atoms with Gasteiger partial charge in [0.25, 0.3) is 5.91 Å². The van der Waals surface area contributed by atoms with Crippen molar-refractivity contribution in [2.45, 2.75) is 39.7 Å². The third-order valence-corrected chi connectivity index (χ3v) is 4.28. The fourth-order valence-corrected chi connectivity index (χ4v) is 2.69. The van der Waals surface area contributed by atoms with Crippen molar-refractivity contribution in [2.75, 3.05) is 11.9 Å². The Morgan fingerprint density at radius 1 is 1.33 bits per heavy atom. The molecule has 3 rings (SSSR count). The third kappa shape index (κ3) is 3.96. The summed E-state index contributed by atoms with van der Waals surface area (Å²) in [5, 5.41) is 7.34. The van der Waals surface area contributed by atoms with E-state index in [1.165, 1.54) is 12.8 Å². The van der Waals surface area contributed by atoms with E-state index in [4.69, 9.17) is 4.74 Å². The van der Waals surface area contributed by atoms with Crippen LogP contribution in [0.3, 0.4) is 0 Å². The zero-order valence-electron chi connectivity index (χ0n) is 14.5. The number of carbonyl (C=O) groups is 1. The maximum absolute atomic E-state index is 12.6. The van der Waals surface area contributed by atoms with Crippen LogP contribution in [0.15, 0.2) is 36.5 Å². The molecule has 1 fully saturated rings. The number of hydrogen-bond donors (Lipinski definition) is 1. The average Bonchev–Trinajstić information content (AvgIpc) is 3.32. The Balaban J connectivity index is 1.69. The Morgan fingerprint density at radius 3 is 2.83 bits per heavy atom. The van der Waals surface area contributed by atoms with Crippen molar-refractivity contribution in [1.29, 1.82) is 0 Å². The van der Waals surface area contributed by atoms with Gasteiger partial charge in [-0.15, -0.1) is 0 Å². The van der Waals surface area contributed by atoms with Crippen LogP contribution in [-0.4, -0.2) is 22.3 Å². The van der Waals surface area contributed by atoms with E-state index >= 15 is 0 Å². The fraction of sp³-hybridized carbons (Fsp3) is 0.474. The van der Waals surface area contributed by atoms with E-state index in [0.717, 1.165) is 11.6 Å². The van der Waals surface area contributed by atoms with Crippen LogP contribution in [0.5, 0.6) is 5.75 Å². The molecule has 5 heteroatoms. The van der Waals surface area contributed by atoms with Crippen molar-refractivity contribution in [2.24, 2.45) is 11.8 Å². The van der Waals surface area contributed by atoms with E-state index < -0.39 is 0 Å². The molecular formula is C19H25N3O2. The number of nitrogens with one attached hydrogen (secondary N) is 1. The highest BCUT2D eigenvalue weighted by molar-refractivity contribution is 6.04. The summed E-state index contributed by atoms with van der Waals surface area (Å²) in [5.41, 5.74) is 0.586. The van der Waals surface area contributed by atoms with E-state index in [2.05, 4.69) is 31.2 Å². The van der Waals surface area contributed by atoms with Crippen LogP contribution in [0.25, 0.3) is 0 Å². The van der Waals surface area contributed by atoms with Gasteiger partial charge in [-0.1, -0.05) is 19.9 Å². The molecule has 0 radical (unpaired) electrons. The minimum atomic E-state index is -0.144. The van der Waals surface area contributed by atoms with Gasteiger partial charge in [0.1, 0.15) is 11.6 Å². The Morgan fingerprint density at radius 2 is 2.12 bits per heavy atom. The monoisotopic (exact) mass is 327 g/mol. The fourth-order valence-electron chi connectivity index (χ4n) is 2.69. The van der Waals surface area contributed by atoms with Gasteiger partial charge in [-0.3, -0.25) is 4.79 Å². The number of amides is 1. The molecule has 1 amide bonds. The van der Waals surface area contributed by atoms with Gasteiger partial charge < -0.3 is 10.1 Å². The molecule has 0 saturated heterocycles. The number of anilines is 1. The minimum Gasteiger partial charge on any atom is -0.493 e. The van der Waals surface area contributed by atoms with Crippen LogP contribution >= 0.6 is 0 Å². The van der Waals surface area contributed by atoms with Crippen molar-refractivity contribution in [3.63, 3.8) is 0 Å². The summed E-state index contributed by atoms with van der Waals surface area (Å²) in [5.74, 6) is 2.44. The molecule has 24 heavy (non-hydrogen) atoms. The van der Waals surface area contributed by atoms with E-state index in [9.17, 15) is 4.79 Å². The van der Waals surface area contributed by atoms with Gasteiger partial charge in [-0.2, -0.15) is 5.10 Å². The van der Waals surface area contributed by atoms with E-state index in [1.54, 1.807) is 18.3 Å². The molecular weight excluding hydrogens is 302 g/mol. The predicted octanol–water partition coefficient (Wildman–Crippen LogP) is 4.14. The number of carbonyl (C=O) groups excluding carboxylic acids is 1. The van der Waals surface area contributed by atoms with Crippen LogP contribution in [0.4, 0.5) is 5.82 Å². The molecule has 5 nitrogen and oxygen atoms in total. The molecule has 1 heterocycles. The maximum Gasteiger partial charge on any atom is 0.256 e. The number of benzene rings is 1. The van der Waals surface area contributed by atoms with E-state index in [0.29, 0.717) is 30.0 Å². The number of rotatable bonds is 7. The first kappa shape index (κ1) is 16.6. The zero-order valence-corrected chi connectivity index (χ0v) is 14.5. The number of aromatic nitrogens is 2. The van der Waals surface area contributed by atoms with Gasteiger partial charge in [0.2, 0.25) is 0 Å². The molecule has 1 aromatic carbocycles. The predicted molar refractivity (Wildman–Crippen MR) is 94.4 cm³/mol. The highest BCUT2D eigenvalue weighted by Gasteiger charge is 2.30. The summed E-state index contributed by atoms with van der Waals surface area (Å²) in [6.07, 6.45) is 4.21. The quantitative estimate of drug-likeness (QED) is 0.831. The number of nitrogens with zero attached hydrogens (tertiary/aromatic N) is 2. The summed E-state index contributed by atoms with van der Waals surface area (Å²) in [4.78, 5) is 12.6. The molecule has 1 aromatic heterocycles. The normalized spacial score (nSPS) is 15.3. The molecule has 1 aliphatic rings. The van der Waals surface area contributed by atoms with Crippen LogP contribution in [0, 0.1) is 11.8 Å². The highest BCUT2D eigenvalue weighted by Crippen LogP contribution is 2.40. The highest BCUT2D eigenvalue weighted by atomic mass is 16.5. The summed E-state index contributed by atoms with van der Waals surface area (Å²) in [6.45, 7) is 6.98. The lowest BCUT2D eigenvalue weighted by molar-refractivity contribution is 0.102. The van der Waals surface area contributed by atoms with Crippen molar-refractivity contribution in [3.8, 4) is 5.75 Å². The Kier molecular flexibility index (Phi) is 4.88. The second-order valence-corrected chi connectivity index (χ2v) is 6.93. The van der Waals surface area contributed by atoms with Crippen molar-refractivity contribution >= 4 is 11.7 Å². The van der Waals surface area contributed by atoms with Gasteiger partial charge in [-0.25, -0.2) is 4.68 Å². The Hall–Kier alpha value is -2.30. The average molecular weight is 327 g/mol. The molecule has 1 unspecified atom stereocenters. The van der Waals surface area contributed by atoms with E-state index in [-0.39, 0.29) is 5.91 Å². The lowest BCUT2D eigenvalue weighted by Crippen LogP contribution is -2.18. The van der Waals surface area contributed by atoms with Crippen molar-refractivity contribution < 1.29 is 9.53 Å². The summed E-state index contributed by atoms with van der Waals surface area (Å²) >= 11 is 0. The van der Waals surface area contributed by atoms with Crippen LogP contribution in [0.1, 0.15) is 50.0 Å². The first-order chi connectivity index (χ1) is 11.5. The van der Waals surface area contributed by atoms with E-state index in [1.807, 2.05) is 22.9 Å². The summed E-state index contributed by atoms with van der Waals surface area (Å²) < 4.78 is 7.61. The molecule has 128 valence electrons. The van der Waals surface area contributed by atoms with Gasteiger partial charge in [0, 0.05) is 11.6 Å². The van der Waals surface area contributed by atoms with Gasteiger partial charge >= 0.3 is 0 Å². The topological polar surface area (TPSA) is 56.1 Å². The standard InChI is InChI=1S/C19H25N3O2/c1-13(2)12-24-17-6-4-5-16(11-17)19(23)21-18-9-10-20-22(18)14(3)15-7-8-15/h4-6,9-11,13-15H,7-8,12H2,1-3H3,(H,21,23). The molecule has 1 aliphatic carbocycles. The summed E-state index contributed by atoms with van der Waals surface area (Å²) in [7, 11) is 0. The molecule has 0 bridgehead atoms. The van der Waals surface area contributed by atoms with Crippen LogP contribution in [0.2, 0.25) is 0 Å². The number of hydrogen-bond acceptors (Lipinski definition) is 3. The second-order valence-electron chi connectivity index (χ2n) is 6.93. The molecule has 0 spiro atoms. The maximum atomic E-state index is 12.6. The van der Waals surface area contributed by atoms with Crippen molar-refractivity contribution in [3.05, 3.63) is 42.1 Å². The zero-order chi connectivity index (χ0) is 17.1. The first-order valence-electron chi connectivity index (χ1n) is 8.62. The molecule has 0 aliphatic heterocycles.